The molecule has 4 nitrogen and oxygen atoms in total. The minimum absolute atomic E-state index is 0.161. The first-order chi connectivity index (χ1) is 9.09. The second-order valence-corrected chi connectivity index (χ2v) is 4.77. The van der Waals surface area contributed by atoms with E-state index in [4.69, 9.17) is 0 Å². The zero-order valence-electron chi connectivity index (χ0n) is 10.1. The van der Waals surface area contributed by atoms with E-state index in [-0.39, 0.29) is 12.2 Å². The van der Waals surface area contributed by atoms with Gasteiger partial charge < -0.3 is 10.2 Å². The number of halogens is 2. The average Bonchev–Trinajstić information content (AvgIpc) is 3.16. The number of benzene rings is 1. The van der Waals surface area contributed by atoms with Gasteiger partial charge in [0.05, 0.1) is 11.3 Å². The van der Waals surface area contributed by atoms with Crippen LogP contribution in [-0.2, 0) is 4.79 Å². The molecule has 1 aliphatic heterocycles. The third-order valence-corrected chi connectivity index (χ3v) is 3.36. The van der Waals surface area contributed by atoms with Crippen molar-refractivity contribution in [2.24, 2.45) is 0 Å². The first-order valence-corrected chi connectivity index (χ1v) is 6.17. The normalized spacial score (nSPS) is 18.1. The van der Waals surface area contributed by atoms with Crippen molar-refractivity contribution in [2.75, 3.05) is 18.0 Å². The molecule has 0 unspecified atom stereocenters. The minimum atomic E-state index is -0.974. The number of anilines is 1. The van der Waals surface area contributed by atoms with E-state index in [0.29, 0.717) is 12.6 Å². The van der Waals surface area contributed by atoms with Gasteiger partial charge in [0, 0.05) is 19.1 Å². The van der Waals surface area contributed by atoms with E-state index in [2.05, 4.69) is 5.32 Å². The Morgan fingerprint density at radius 1 is 1.21 bits per heavy atom. The van der Waals surface area contributed by atoms with E-state index in [1.54, 1.807) is 0 Å². The van der Waals surface area contributed by atoms with E-state index < -0.39 is 28.9 Å². The molecule has 3 rings (SSSR count). The fourth-order valence-electron chi connectivity index (χ4n) is 2.23. The van der Waals surface area contributed by atoms with Crippen molar-refractivity contribution in [2.45, 2.75) is 18.9 Å². The smallest absolute Gasteiger partial charge is 0.299 e. The highest BCUT2D eigenvalue weighted by atomic mass is 19.1. The highest BCUT2D eigenvalue weighted by molar-refractivity contribution is 6.52. The molecule has 1 aromatic carbocycles. The van der Waals surface area contributed by atoms with E-state index in [1.807, 2.05) is 0 Å². The largest absolute Gasteiger partial charge is 0.312 e. The lowest BCUT2D eigenvalue weighted by molar-refractivity contribution is -0.114. The number of fused-ring (bicyclic) bond motifs is 1. The van der Waals surface area contributed by atoms with Crippen LogP contribution in [0, 0.1) is 11.6 Å². The SMILES string of the molecule is O=C1C(=O)N(CCNC2CC2)c2c(F)ccc(F)c21. The van der Waals surface area contributed by atoms with Crippen molar-refractivity contribution in [3.63, 3.8) is 0 Å². The Balaban J connectivity index is 1.87. The van der Waals surface area contributed by atoms with Gasteiger partial charge in [-0.25, -0.2) is 8.78 Å². The van der Waals surface area contributed by atoms with Gasteiger partial charge in [0.25, 0.3) is 11.7 Å². The number of nitrogens with zero attached hydrogens (tertiary/aromatic N) is 1. The Morgan fingerprint density at radius 2 is 1.89 bits per heavy atom. The summed E-state index contributed by atoms with van der Waals surface area (Å²) in [6, 6.07) is 2.25. The third kappa shape index (κ3) is 2.02. The van der Waals surface area contributed by atoms with Gasteiger partial charge in [0.1, 0.15) is 11.6 Å². The van der Waals surface area contributed by atoms with Crippen LogP contribution in [0.5, 0.6) is 0 Å². The van der Waals surface area contributed by atoms with Crippen LogP contribution >= 0.6 is 0 Å². The number of hydrogen-bond acceptors (Lipinski definition) is 3. The Bertz CT molecular complexity index is 570. The number of carbonyl (C=O) groups excluding carboxylic acids is 2. The molecule has 1 aromatic rings. The van der Waals surface area contributed by atoms with Crippen molar-refractivity contribution in [3.8, 4) is 0 Å². The number of nitrogens with one attached hydrogen (secondary N) is 1. The van der Waals surface area contributed by atoms with Crippen molar-refractivity contribution >= 4 is 17.4 Å². The predicted octanol–water partition coefficient (Wildman–Crippen LogP) is 1.25. The molecule has 2 aliphatic rings. The van der Waals surface area contributed by atoms with Crippen molar-refractivity contribution < 1.29 is 18.4 Å². The van der Waals surface area contributed by atoms with Crippen LogP contribution in [0.2, 0.25) is 0 Å². The molecule has 6 heteroatoms. The number of hydrogen-bond donors (Lipinski definition) is 1. The van der Waals surface area contributed by atoms with Gasteiger partial charge in [-0.3, -0.25) is 9.59 Å². The van der Waals surface area contributed by atoms with Crippen LogP contribution in [-0.4, -0.2) is 30.8 Å². The molecule has 0 spiro atoms. The van der Waals surface area contributed by atoms with E-state index in [1.165, 1.54) is 0 Å². The third-order valence-electron chi connectivity index (χ3n) is 3.36. The number of Topliss-reactive ketones (excluding diaryl/α,β-unsaturated/α-hetero) is 1. The summed E-state index contributed by atoms with van der Waals surface area (Å²) in [4.78, 5) is 24.5. The Hall–Kier alpha value is -1.82. The van der Waals surface area contributed by atoms with Gasteiger partial charge in [-0.05, 0) is 25.0 Å². The second-order valence-electron chi connectivity index (χ2n) is 4.77. The quantitative estimate of drug-likeness (QED) is 0.834. The monoisotopic (exact) mass is 266 g/mol. The van der Waals surface area contributed by atoms with Crippen LogP contribution < -0.4 is 10.2 Å². The molecule has 1 aliphatic carbocycles. The maximum atomic E-state index is 13.7. The molecule has 0 bridgehead atoms. The summed E-state index contributed by atoms with van der Waals surface area (Å²) < 4.78 is 27.3. The Labute approximate surface area is 108 Å². The van der Waals surface area contributed by atoms with Crippen molar-refractivity contribution in [1.29, 1.82) is 0 Å². The van der Waals surface area contributed by atoms with Gasteiger partial charge in [-0.2, -0.15) is 0 Å². The molecule has 1 N–H and O–H groups in total. The molecule has 1 fully saturated rings. The lowest BCUT2D eigenvalue weighted by Gasteiger charge is -2.17. The van der Waals surface area contributed by atoms with E-state index in [9.17, 15) is 18.4 Å². The predicted molar refractivity (Wildman–Crippen MR) is 64.1 cm³/mol. The number of carbonyl (C=O) groups is 2. The van der Waals surface area contributed by atoms with Gasteiger partial charge in [-0.1, -0.05) is 0 Å². The van der Waals surface area contributed by atoms with Crippen LogP contribution in [0.25, 0.3) is 0 Å². The minimum Gasteiger partial charge on any atom is -0.312 e. The molecule has 1 saturated carbocycles. The van der Waals surface area contributed by atoms with Crippen molar-refractivity contribution in [1.82, 2.24) is 5.32 Å². The first-order valence-electron chi connectivity index (χ1n) is 6.17. The maximum absolute atomic E-state index is 13.7. The molecule has 0 atom stereocenters. The van der Waals surface area contributed by atoms with E-state index >= 15 is 0 Å². The summed E-state index contributed by atoms with van der Waals surface area (Å²) >= 11 is 0. The summed E-state index contributed by atoms with van der Waals surface area (Å²) in [6.45, 7) is 0.619. The van der Waals surface area contributed by atoms with Gasteiger partial charge >= 0.3 is 0 Å². The molecule has 0 aromatic heterocycles. The van der Waals surface area contributed by atoms with Crippen LogP contribution in [0.15, 0.2) is 12.1 Å². The van der Waals surface area contributed by atoms with Crippen LogP contribution in [0.1, 0.15) is 23.2 Å². The molecule has 19 heavy (non-hydrogen) atoms. The number of rotatable bonds is 4. The molecule has 0 saturated heterocycles. The lowest BCUT2D eigenvalue weighted by atomic mass is 10.1. The Kier molecular flexibility index (Phi) is 2.82. The summed E-state index contributed by atoms with van der Waals surface area (Å²) in [5, 5.41) is 3.16. The number of amides is 1. The maximum Gasteiger partial charge on any atom is 0.299 e. The fourth-order valence-corrected chi connectivity index (χ4v) is 2.23. The molecular weight excluding hydrogens is 254 g/mol. The highest BCUT2D eigenvalue weighted by Crippen LogP contribution is 2.33. The van der Waals surface area contributed by atoms with Gasteiger partial charge in [0.15, 0.2) is 0 Å². The van der Waals surface area contributed by atoms with Gasteiger partial charge in [-0.15, -0.1) is 0 Å². The topological polar surface area (TPSA) is 49.4 Å². The van der Waals surface area contributed by atoms with E-state index in [0.717, 1.165) is 29.9 Å². The molecule has 1 heterocycles. The van der Waals surface area contributed by atoms with Crippen molar-refractivity contribution in [3.05, 3.63) is 29.3 Å². The summed E-state index contributed by atoms with van der Waals surface area (Å²) in [5.74, 6) is -3.44. The summed E-state index contributed by atoms with van der Waals surface area (Å²) in [6.07, 6.45) is 2.18. The average molecular weight is 266 g/mol. The fraction of sp³-hybridized carbons (Fsp3) is 0.385. The summed E-state index contributed by atoms with van der Waals surface area (Å²) in [7, 11) is 0. The molecule has 1 amide bonds. The number of ketones is 1. The standard InChI is InChI=1S/C13H12F2N2O2/c14-8-3-4-9(15)11-10(8)12(18)13(19)17(11)6-5-16-7-1-2-7/h3-4,7,16H,1-2,5-6H2. The highest BCUT2D eigenvalue weighted by Gasteiger charge is 2.40. The molecular formula is C13H12F2N2O2. The van der Waals surface area contributed by atoms with Crippen LogP contribution in [0.3, 0.4) is 0 Å². The lowest BCUT2D eigenvalue weighted by Crippen LogP contribution is -2.36. The van der Waals surface area contributed by atoms with Gasteiger partial charge in [0.2, 0.25) is 0 Å². The summed E-state index contributed by atoms with van der Waals surface area (Å²) in [5.41, 5.74) is -0.677. The zero-order valence-corrected chi connectivity index (χ0v) is 10.1. The second kappa shape index (κ2) is 4.38. The Morgan fingerprint density at radius 3 is 2.58 bits per heavy atom. The van der Waals surface area contributed by atoms with Crippen LogP contribution in [0.4, 0.5) is 14.5 Å². The first kappa shape index (κ1) is 12.2. The molecule has 0 radical (unpaired) electrons. The zero-order chi connectivity index (χ0) is 13.6. The molecule has 100 valence electrons.